The summed E-state index contributed by atoms with van der Waals surface area (Å²) in [6.07, 6.45) is 11.4. The predicted molar refractivity (Wildman–Crippen MR) is 152 cm³/mol. The molecule has 1 aromatic carbocycles. The molecule has 0 atom stereocenters. The average Bonchev–Trinajstić information content (AvgIpc) is 2.80. The van der Waals surface area contributed by atoms with Crippen molar-refractivity contribution in [3.05, 3.63) is 29.8 Å². The number of esters is 1. The van der Waals surface area contributed by atoms with Crippen LogP contribution in [0.4, 0.5) is 0 Å². The fourth-order valence-corrected chi connectivity index (χ4v) is 20.7. The molecule has 0 bridgehead atoms. The number of amides is 1. The van der Waals surface area contributed by atoms with Gasteiger partial charge in [0.1, 0.15) is 5.60 Å². The number of hydrogen-bond acceptors (Lipinski definition) is 3. The Balaban J connectivity index is 2.54. The molecular weight excluding hydrogens is 541 g/mol. The van der Waals surface area contributed by atoms with Gasteiger partial charge in [0.15, 0.2) is 0 Å². The topological polar surface area (TPSA) is 55.4 Å². The zero-order valence-corrected chi connectivity index (χ0v) is 26.5. The molecule has 0 fully saturated rings. The summed E-state index contributed by atoms with van der Waals surface area (Å²) in [4.78, 5) is 24.2. The van der Waals surface area contributed by atoms with Crippen molar-refractivity contribution < 1.29 is 14.3 Å². The Bertz CT molecular complexity index is 702. The van der Waals surface area contributed by atoms with E-state index in [1.807, 2.05) is 20.8 Å². The third-order valence-electron chi connectivity index (χ3n) is 6.76. The molecule has 0 aliphatic rings. The molecule has 0 aromatic heterocycles. The number of nitrogens with one attached hydrogen (secondary N) is 1. The maximum absolute atomic E-state index is 12.4. The molecule has 0 unspecified atom stereocenters. The summed E-state index contributed by atoms with van der Waals surface area (Å²) in [6.45, 7) is 13.3. The normalized spacial score (nSPS) is 11.9. The zero-order valence-electron chi connectivity index (χ0n) is 23.6. The van der Waals surface area contributed by atoms with Crippen LogP contribution in [0.15, 0.2) is 24.3 Å². The van der Waals surface area contributed by atoms with E-state index in [-0.39, 0.29) is 11.9 Å². The van der Waals surface area contributed by atoms with Gasteiger partial charge >= 0.3 is 185 Å². The number of rotatable bonds is 18. The van der Waals surface area contributed by atoms with Crippen molar-refractivity contribution in [3.8, 4) is 0 Å². The summed E-state index contributed by atoms with van der Waals surface area (Å²) in [6, 6.07) is 9.20. The summed E-state index contributed by atoms with van der Waals surface area (Å²) < 4.78 is 11.4. The van der Waals surface area contributed by atoms with Gasteiger partial charge in [-0.3, -0.25) is 4.79 Å². The van der Waals surface area contributed by atoms with Crippen LogP contribution in [0.3, 0.4) is 0 Å². The SMILES string of the molecule is CCC[CH2][Sn]([CH2]CCC)([CH2]CCC)[c]1ccc(CC(=O)NCCCCCC(=O)OC(C)(C)C)cc1. The van der Waals surface area contributed by atoms with Gasteiger partial charge in [-0.05, 0) is 20.8 Å². The van der Waals surface area contributed by atoms with Crippen molar-refractivity contribution in [1.29, 1.82) is 0 Å². The summed E-state index contributed by atoms with van der Waals surface area (Å²) in [7, 11) is 0. The molecule has 4 nitrogen and oxygen atoms in total. The van der Waals surface area contributed by atoms with Gasteiger partial charge in [0.2, 0.25) is 0 Å². The molecule has 200 valence electrons. The first kappa shape index (κ1) is 32.0. The fourth-order valence-electron chi connectivity index (χ4n) is 4.77. The van der Waals surface area contributed by atoms with E-state index >= 15 is 0 Å². The van der Waals surface area contributed by atoms with Crippen molar-refractivity contribution in [3.63, 3.8) is 0 Å². The molecule has 1 amide bonds. The van der Waals surface area contributed by atoms with Crippen LogP contribution in [-0.4, -0.2) is 42.4 Å². The van der Waals surface area contributed by atoms with Crippen LogP contribution in [0.25, 0.3) is 0 Å². The molecule has 0 spiro atoms. The second-order valence-electron chi connectivity index (χ2n) is 11.2. The Morgan fingerprint density at radius 2 is 1.34 bits per heavy atom. The van der Waals surface area contributed by atoms with Gasteiger partial charge in [0.05, 0.1) is 0 Å². The molecule has 0 aliphatic carbocycles. The van der Waals surface area contributed by atoms with E-state index in [0.29, 0.717) is 19.4 Å². The van der Waals surface area contributed by atoms with Gasteiger partial charge in [-0.2, -0.15) is 0 Å². The molecule has 0 saturated heterocycles. The Morgan fingerprint density at radius 1 is 0.800 bits per heavy atom. The van der Waals surface area contributed by atoms with Crippen molar-refractivity contribution in [2.24, 2.45) is 0 Å². The maximum atomic E-state index is 12.4. The van der Waals surface area contributed by atoms with Crippen molar-refractivity contribution in [1.82, 2.24) is 5.32 Å². The summed E-state index contributed by atoms with van der Waals surface area (Å²) in [5.74, 6) is -0.0552. The van der Waals surface area contributed by atoms with Gasteiger partial charge in [-0.15, -0.1) is 0 Å². The van der Waals surface area contributed by atoms with Gasteiger partial charge in [0, 0.05) is 0 Å². The zero-order chi connectivity index (χ0) is 26.2. The minimum atomic E-state index is -2.39. The molecule has 1 N–H and O–H groups in total. The summed E-state index contributed by atoms with van der Waals surface area (Å²) in [5.41, 5.74) is 0.687. The molecule has 0 radical (unpaired) electrons. The van der Waals surface area contributed by atoms with Crippen LogP contribution < -0.4 is 8.90 Å². The van der Waals surface area contributed by atoms with Gasteiger partial charge in [-0.25, -0.2) is 0 Å². The number of unbranched alkanes of at least 4 members (excludes halogenated alkanes) is 5. The molecule has 5 heteroatoms. The standard InChI is InChI=1S/C18H26NO3.3C4H9.Sn/c1-18(2,3)22-17(21)12-8-5-9-13-19-16(20)14-15-10-6-4-7-11-15;3*1-3-4-2;/h6-7,10-11H,5,8-9,12-14H2,1-3H3,(H,19,20);3*1,3-4H2,2H3;. The number of benzene rings is 1. The molecular formula is C30H53NO3Sn. The van der Waals surface area contributed by atoms with E-state index in [0.717, 1.165) is 24.8 Å². The molecule has 1 aromatic rings. The van der Waals surface area contributed by atoms with Crippen molar-refractivity contribution in [2.75, 3.05) is 6.54 Å². The van der Waals surface area contributed by atoms with Crippen LogP contribution in [0.2, 0.25) is 13.3 Å². The van der Waals surface area contributed by atoms with E-state index in [1.165, 1.54) is 51.8 Å². The number of ether oxygens (including phenoxy) is 1. The van der Waals surface area contributed by atoms with E-state index in [2.05, 4.69) is 50.4 Å². The minimum absolute atomic E-state index is 0.0858. The number of hydrogen-bond donors (Lipinski definition) is 1. The number of carbonyl (C=O) groups is 2. The second-order valence-corrected chi connectivity index (χ2v) is 24.4. The second kappa shape index (κ2) is 17.4. The van der Waals surface area contributed by atoms with Gasteiger partial charge in [0.25, 0.3) is 0 Å². The van der Waals surface area contributed by atoms with E-state index < -0.39 is 24.0 Å². The quantitative estimate of drug-likeness (QED) is 0.110. The van der Waals surface area contributed by atoms with Crippen molar-refractivity contribution >= 4 is 33.8 Å². The Labute approximate surface area is 220 Å². The average molecular weight is 594 g/mol. The van der Waals surface area contributed by atoms with Gasteiger partial charge < -0.3 is 4.74 Å². The van der Waals surface area contributed by atoms with E-state index in [1.54, 1.807) is 3.58 Å². The summed E-state index contributed by atoms with van der Waals surface area (Å²) >= 11 is -2.39. The third-order valence-corrected chi connectivity index (χ3v) is 22.4. The van der Waals surface area contributed by atoms with Crippen molar-refractivity contribution in [2.45, 2.75) is 131 Å². The fraction of sp³-hybridized carbons (Fsp3) is 0.733. The van der Waals surface area contributed by atoms with Crippen LogP contribution in [-0.2, 0) is 20.7 Å². The van der Waals surface area contributed by atoms with Crippen LogP contribution in [0.5, 0.6) is 0 Å². The monoisotopic (exact) mass is 595 g/mol. The third kappa shape index (κ3) is 13.7. The van der Waals surface area contributed by atoms with Crippen LogP contribution in [0.1, 0.15) is 111 Å². The summed E-state index contributed by atoms with van der Waals surface area (Å²) in [5, 5.41) is 3.04. The van der Waals surface area contributed by atoms with E-state index in [9.17, 15) is 9.59 Å². The molecule has 1 rings (SSSR count). The first-order valence-corrected chi connectivity index (χ1v) is 21.7. The number of carbonyl (C=O) groups excluding carboxylic acids is 2. The first-order valence-electron chi connectivity index (χ1n) is 14.2. The first-order chi connectivity index (χ1) is 16.7. The van der Waals surface area contributed by atoms with Crippen LogP contribution in [0, 0.1) is 0 Å². The Hall–Kier alpha value is -1.04. The molecule has 0 saturated carbocycles. The predicted octanol–water partition coefficient (Wildman–Crippen LogP) is 7.30. The Kier molecular flexibility index (Phi) is 15.9. The molecule has 0 aliphatic heterocycles. The van der Waals surface area contributed by atoms with Crippen LogP contribution >= 0.6 is 0 Å². The van der Waals surface area contributed by atoms with E-state index in [4.69, 9.17) is 4.74 Å². The Morgan fingerprint density at radius 3 is 1.83 bits per heavy atom. The van der Waals surface area contributed by atoms with Gasteiger partial charge in [-0.1, -0.05) is 0 Å². The molecule has 35 heavy (non-hydrogen) atoms. The molecule has 0 heterocycles.